The molecule has 1 saturated heterocycles. The molecule has 2 aliphatic rings. The van der Waals surface area contributed by atoms with Gasteiger partial charge in [0.2, 0.25) is 0 Å². The van der Waals surface area contributed by atoms with E-state index in [4.69, 9.17) is 0 Å². The van der Waals surface area contributed by atoms with Crippen LogP contribution in [-0.2, 0) is 26.4 Å². The van der Waals surface area contributed by atoms with Gasteiger partial charge in [0.1, 0.15) is 0 Å². The Morgan fingerprint density at radius 1 is 1.27 bits per heavy atom. The monoisotopic (exact) mass is 298 g/mol. The third kappa shape index (κ3) is 2.47. The van der Waals surface area contributed by atoms with Crippen LogP contribution in [0.25, 0.3) is 0 Å². The summed E-state index contributed by atoms with van der Waals surface area (Å²) in [7, 11) is 4.18. The van der Waals surface area contributed by atoms with Crippen LogP contribution in [0.15, 0.2) is 18.6 Å². The van der Waals surface area contributed by atoms with Gasteiger partial charge in [-0.25, -0.2) is 4.98 Å². The highest BCUT2D eigenvalue weighted by atomic mass is 15.4. The number of hydrogen-bond acceptors (Lipinski definition) is 5. The molecule has 6 heteroatoms. The van der Waals surface area contributed by atoms with E-state index in [9.17, 15) is 0 Å². The predicted molar refractivity (Wildman–Crippen MR) is 84.7 cm³/mol. The molecule has 1 aliphatic carbocycles. The number of nitrogens with zero attached hydrogens (tertiary/aromatic N) is 6. The fourth-order valence-electron chi connectivity index (χ4n) is 3.33. The summed E-state index contributed by atoms with van der Waals surface area (Å²) >= 11 is 0. The maximum absolute atomic E-state index is 4.40. The van der Waals surface area contributed by atoms with Crippen LogP contribution in [0, 0.1) is 0 Å². The van der Waals surface area contributed by atoms with Crippen LogP contribution in [0.5, 0.6) is 0 Å². The molecule has 0 atom stereocenters. The van der Waals surface area contributed by atoms with Crippen molar-refractivity contribution in [3.8, 4) is 0 Å². The van der Waals surface area contributed by atoms with Gasteiger partial charge in [0, 0.05) is 38.9 Å². The van der Waals surface area contributed by atoms with Crippen molar-refractivity contribution in [2.24, 2.45) is 7.05 Å². The molecule has 22 heavy (non-hydrogen) atoms. The average Bonchev–Trinajstić information content (AvgIpc) is 3.05. The van der Waals surface area contributed by atoms with Gasteiger partial charge in [0.15, 0.2) is 5.82 Å². The average molecular weight is 298 g/mol. The Labute approximate surface area is 130 Å². The topological polar surface area (TPSA) is 50.1 Å². The Morgan fingerprint density at radius 3 is 2.91 bits per heavy atom. The lowest BCUT2D eigenvalue weighted by atomic mass is 10.1. The lowest BCUT2D eigenvalue weighted by Gasteiger charge is -2.44. The number of rotatable bonds is 4. The highest BCUT2D eigenvalue weighted by Gasteiger charge is 2.32. The Hall–Kier alpha value is -1.95. The number of hydrogen-bond donors (Lipinski definition) is 0. The van der Waals surface area contributed by atoms with Crippen molar-refractivity contribution in [2.45, 2.75) is 31.8 Å². The molecule has 0 unspecified atom stereocenters. The predicted octanol–water partition coefficient (Wildman–Crippen LogP) is 1.02. The van der Waals surface area contributed by atoms with Crippen molar-refractivity contribution in [1.29, 1.82) is 0 Å². The summed E-state index contributed by atoms with van der Waals surface area (Å²) in [4.78, 5) is 9.10. The summed E-state index contributed by atoms with van der Waals surface area (Å²) in [6, 6.07) is 2.81. The van der Waals surface area contributed by atoms with E-state index in [-0.39, 0.29) is 0 Å². The summed E-state index contributed by atoms with van der Waals surface area (Å²) in [5.74, 6) is 1.04. The van der Waals surface area contributed by atoms with Gasteiger partial charge in [-0.15, -0.1) is 5.10 Å². The van der Waals surface area contributed by atoms with Gasteiger partial charge >= 0.3 is 0 Å². The molecule has 6 nitrogen and oxygen atoms in total. The molecule has 0 bridgehead atoms. The van der Waals surface area contributed by atoms with Crippen LogP contribution in [0.1, 0.15) is 23.4 Å². The Morgan fingerprint density at radius 2 is 2.14 bits per heavy atom. The second kappa shape index (κ2) is 5.35. The molecule has 0 aromatic carbocycles. The van der Waals surface area contributed by atoms with E-state index in [0.29, 0.717) is 6.04 Å². The van der Waals surface area contributed by atoms with Crippen molar-refractivity contribution >= 4 is 5.82 Å². The van der Waals surface area contributed by atoms with Crippen LogP contribution in [0.3, 0.4) is 0 Å². The van der Waals surface area contributed by atoms with E-state index in [1.165, 1.54) is 17.7 Å². The highest BCUT2D eigenvalue weighted by Crippen LogP contribution is 2.26. The molecule has 0 amide bonds. The highest BCUT2D eigenvalue weighted by molar-refractivity contribution is 5.45. The standard InChI is InChI=1S/C16H22N6/c1-20-7-13(17-11-20)8-21(2)14-9-22(10-14)16-6-12-4-3-5-15(12)18-19-16/h6-7,11,14H,3-5,8-10H2,1-2H3. The summed E-state index contributed by atoms with van der Waals surface area (Å²) in [5, 5.41) is 8.78. The number of aromatic nitrogens is 4. The Bertz CT molecular complexity index is 673. The van der Waals surface area contributed by atoms with Crippen LogP contribution < -0.4 is 4.90 Å². The largest absolute Gasteiger partial charge is 0.352 e. The minimum absolute atomic E-state index is 0.567. The molecule has 1 aliphatic heterocycles. The maximum Gasteiger partial charge on any atom is 0.151 e. The van der Waals surface area contributed by atoms with Crippen molar-refractivity contribution in [3.05, 3.63) is 35.5 Å². The normalized spacial score (nSPS) is 17.9. The number of aryl methyl sites for hydroxylation is 3. The molecule has 2 aromatic rings. The first-order chi connectivity index (χ1) is 10.7. The zero-order chi connectivity index (χ0) is 15.1. The zero-order valence-corrected chi connectivity index (χ0v) is 13.2. The lowest BCUT2D eigenvalue weighted by molar-refractivity contribution is 0.195. The number of likely N-dealkylation sites (N-methyl/N-ethyl adjacent to an activating group) is 1. The molecule has 0 N–H and O–H groups in total. The fraction of sp³-hybridized carbons (Fsp3) is 0.562. The number of anilines is 1. The molecule has 4 rings (SSSR count). The van der Waals surface area contributed by atoms with E-state index in [2.05, 4.69) is 44.3 Å². The minimum Gasteiger partial charge on any atom is -0.352 e. The summed E-state index contributed by atoms with van der Waals surface area (Å²) in [6.45, 7) is 2.95. The molecule has 2 aromatic heterocycles. The smallest absolute Gasteiger partial charge is 0.151 e. The van der Waals surface area contributed by atoms with Gasteiger partial charge in [0.25, 0.3) is 0 Å². The quantitative estimate of drug-likeness (QED) is 0.843. The van der Waals surface area contributed by atoms with Crippen LogP contribution >= 0.6 is 0 Å². The van der Waals surface area contributed by atoms with Gasteiger partial charge in [-0.3, -0.25) is 4.90 Å². The molecule has 116 valence electrons. The van der Waals surface area contributed by atoms with E-state index < -0.39 is 0 Å². The Balaban J connectivity index is 1.35. The number of fused-ring (bicyclic) bond motifs is 1. The molecular formula is C16H22N6. The molecule has 1 fully saturated rings. The molecule has 3 heterocycles. The number of imidazole rings is 1. The fourth-order valence-corrected chi connectivity index (χ4v) is 3.33. The first-order valence-corrected chi connectivity index (χ1v) is 7.96. The van der Waals surface area contributed by atoms with E-state index in [1.807, 2.05) is 17.9 Å². The summed E-state index contributed by atoms with van der Waals surface area (Å²) in [5.41, 5.74) is 3.73. The lowest BCUT2D eigenvalue weighted by Crippen LogP contribution is -2.58. The third-order valence-corrected chi connectivity index (χ3v) is 4.79. The second-order valence-corrected chi connectivity index (χ2v) is 6.53. The maximum atomic E-state index is 4.40. The third-order valence-electron chi connectivity index (χ3n) is 4.79. The van der Waals surface area contributed by atoms with Gasteiger partial charge in [-0.2, -0.15) is 5.10 Å². The second-order valence-electron chi connectivity index (χ2n) is 6.53. The molecule has 0 radical (unpaired) electrons. The van der Waals surface area contributed by atoms with Crippen molar-refractivity contribution in [1.82, 2.24) is 24.6 Å². The summed E-state index contributed by atoms with van der Waals surface area (Å²) < 4.78 is 2.00. The van der Waals surface area contributed by atoms with Gasteiger partial charge in [0.05, 0.1) is 17.7 Å². The van der Waals surface area contributed by atoms with Gasteiger partial charge in [-0.05, 0) is 37.9 Å². The van der Waals surface area contributed by atoms with E-state index in [1.54, 1.807) is 0 Å². The van der Waals surface area contributed by atoms with Crippen molar-refractivity contribution in [3.63, 3.8) is 0 Å². The summed E-state index contributed by atoms with van der Waals surface area (Å²) in [6.07, 6.45) is 7.42. The SMILES string of the molecule is CN(Cc1cn(C)cn1)C1CN(c2cc3c(nn2)CCC3)C1. The van der Waals surface area contributed by atoms with Gasteiger partial charge in [-0.1, -0.05) is 0 Å². The molecular weight excluding hydrogens is 276 g/mol. The zero-order valence-electron chi connectivity index (χ0n) is 13.2. The first kappa shape index (κ1) is 13.7. The van der Waals surface area contributed by atoms with Crippen molar-refractivity contribution < 1.29 is 0 Å². The Kier molecular flexibility index (Phi) is 3.33. The van der Waals surface area contributed by atoms with Crippen LogP contribution in [0.4, 0.5) is 5.82 Å². The van der Waals surface area contributed by atoms with E-state index in [0.717, 1.165) is 44.0 Å². The van der Waals surface area contributed by atoms with E-state index >= 15 is 0 Å². The van der Waals surface area contributed by atoms with Crippen LogP contribution in [0.2, 0.25) is 0 Å². The molecule has 0 saturated carbocycles. The van der Waals surface area contributed by atoms with Crippen molar-refractivity contribution in [2.75, 3.05) is 25.0 Å². The van der Waals surface area contributed by atoms with Crippen LogP contribution in [-0.4, -0.2) is 50.8 Å². The van der Waals surface area contributed by atoms with Gasteiger partial charge < -0.3 is 9.47 Å². The first-order valence-electron chi connectivity index (χ1n) is 7.96. The molecule has 0 spiro atoms. The minimum atomic E-state index is 0.567.